The van der Waals surface area contributed by atoms with Crippen LogP contribution in [0.25, 0.3) is 0 Å². The Morgan fingerprint density at radius 3 is 0.340 bits per heavy atom. The van der Waals surface area contributed by atoms with Gasteiger partial charge in [-0.3, -0.25) is 49.9 Å². The molecular formula is C98H114K4N10Np4O28-20. The summed E-state index contributed by atoms with van der Waals surface area (Å²) in [5, 5.41) is 91.2. The number of rotatable bonds is 20. The summed E-state index contributed by atoms with van der Waals surface area (Å²) in [7, 11) is 0. The molecule has 4 heterocycles. The van der Waals surface area contributed by atoms with Crippen LogP contribution in [0.2, 0.25) is 0 Å². The van der Waals surface area contributed by atoms with Crippen LogP contribution in [-0.2, 0) is 101 Å². The molecule has 4 radical (unpaired) electrons. The molecule has 0 atom stereocenters. The number of para-hydroxylation sites is 8. The summed E-state index contributed by atoms with van der Waals surface area (Å²) in [6, 6.07) is 65.2. The molecule has 8 aromatic carbocycles. The van der Waals surface area contributed by atoms with Gasteiger partial charge in [0.25, 0.3) is 0 Å². The number of ether oxygens (including phenoxy) is 12. The molecule has 10 aromatic rings. The molecule has 2 fully saturated rings. The molecule has 0 amide bonds. The van der Waals surface area contributed by atoms with E-state index in [4.69, 9.17) is 56.8 Å². The molecule has 46 heteroatoms. The molecule has 38 nitrogen and oxygen atoms in total. The molecule has 144 heavy (non-hydrogen) atoms. The minimum Gasteiger partial charge on any atom is -2.00 e. The van der Waals surface area contributed by atoms with Crippen LogP contribution in [0.15, 0.2) is 295 Å². The Kier molecular flexibility index (Phi) is 142. The van der Waals surface area contributed by atoms with Crippen LogP contribution in [0.1, 0.15) is 44.5 Å². The van der Waals surface area contributed by atoms with Crippen molar-refractivity contribution in [3.8, 4) is 46.0 Å². The van der Waals surface area contributed by atoms with Gasteiger partial charge in [0, 0.05) is 194 Å². The molecule has 0 unspecified atom stereocenters. The summed E-state index contributed by atoms with van der Waals surface area (Å²) in [4.78, 5) is 40.7. The average Bonchev–Trinajstić information content (AvgIpc) is 0.937. The third-order valence-corrected chi connectivity index (χ3v) is 16.2. The standard InChI is InChI=1S/4C16H16N2O2.2C12H24O6.2C5H5N.4K.4Np.8O/c4*19-15-7-3-1-5-13(15)11-17-9-10-18-12-14-6-2-4-8-16(14)20;2*1-2-14-5-6-16-9-10-18-12-11-17-8-7-15-4-3-13-1;2*1-2-4-6-5-3-1;;;;;;;;;;;;;;;;/h4*1-8,11-12,19-20H,9-10H2;2*1-12H2;2*1-5H;;;;;;;;;;;;;;;;/q;;;;;;;;4*+1;;;;;8*-2/p-8. The largest absolute Gasteiger partial charge is 2.00 e. The summed E-state index contributed by atoms with van der Waals surface area (Å²) in [5.41, 5.74) is 4.57. The molecule has 12 rings (SSSR count). The summed E-state index contributed by atoms with van der Waals surface area (Å²) in [6.45, 7) is 17.9. The van der Waals surface area contributed by atoms with Gasteiger partial charge in [-0.2, -0.15) is 0 Å². The fourth-order valence-electron chi connectivity index (χ4n) is 9.73. The second kappa shape index (κ2) is 122. The Hall–Kier alpha value is -2.38. The van der Waals surface area contributed by atoms with E-state index in [0.717, 1.165) is 0 Å². The zero-order chi connectivity index (χ0) is 90.8. The minimum absolute atomic E-state index is 0. The van der Waals surface area contributed by atoms with Crippen molar-refractivity contribution in [2.45, 2.75) is 0 Å². The zero-order valence-corrected chi connectivity index (χ0v) is 109. The van der Waals surface area contributed by atoms with Crippen molar-refractivity contribution in [1.82, 2.24) is 9.97 Å². The van der Waals surface area contributed by atoms with Crippen LogP contribution in [0.5, 0.6) is 46.0 Å². The van der Waals surface area contributed by atoms with E-state index in [0.29, 0.717) is 255 Å². The van der Waals surface area contributed by atoms with Crippen LogP contribution in [0.4, 0.5) is 0 Å². The van der Waals surface area contributed by atoms with E-state index in [2.05, 4.69) is 49.9 Å². The van der Waals surface area contributed by atoms with Gasteiger partial charge in [-0.15, -0.1) is 46.0 Å². The van der Waals surface area contributed by atoms with Gasteiger partial charge in [0.1, 0.15) is 0 Å². The predicted octanol–water partition coefficient (Wildman–Crippen LogP) is -5.08. The first-order valence-corrected chi connectivity index (χ1v) is 41.8. The molecule has 0 bridgehead atoms. The number of pyridine rings is 2. The quantitative estimate of drug-likeness (QED) is 0.0391. The molecule has 2 aliphatic heterocycles. The van der Waals surface area contributed by atoms with Crippen LogP contribution in [0.3, 0.4) is 0 Å². The Bertz CT molecular complexity index is 3780. The minimum atomic E-state index is -0.0416. The Balaban J connectivity index is -0.000000139. The zero-order valence-electron chi connectivity index (χ0n) is 81.2. The number of aromatic nitrogens is 2. The maximum Gasteiger partial charge on any atom is 1.00 e. The normalized spacial score (nSPS) is 13.0. The summed E-state index contributed by atoms with van der Waals surface area (Å²) in [6.07, 6.45) is 19.4. The molecule has 2 saturated heterocycles. The van der Waals surface area contributed by atoms with Gasteiger partial charge in [0.15, 0.2) is 0 Å². The maximum absolute atomic E-state index is 11.4. The third-order valence-electron chi connectivity index (χ3n) is 16.2. The van der Waals surface area contributed by atoms with Gasteiger partial charge < -0.3 is 142 Å². The molecule has 0 saturated carbocycles. The maximum atomic E-state index is 11.4. The Labute approximate surface area is 1100 Å². The van der Waals surface area contributed by atoms with Crippen LogP contribution in [-0.4, -0.2) is 271 Å². The van der Waals surface area contributed by atoms with E-state index in [9.17, 15) is 40.9 Å². The van der Waals surface area contributed by atoms with Crippen LogP contribution in [0, 0.1) is 120 Å². The van der Waals surface area contributed by atoms with E-state index in [1.165, 1.54) is 48.5 Å². The molecular weight excluding hydrogens is 2870 g/mol. The smallest absolute Gasteiger partial charge is 1.00 e. The van der Waals surface area contributed by atoms with E-state index in [1.807, 2.05) is 36.4 Å². The topological polar surface area (TPSA) is 648 Å². The van der Waals surface area contributed by atoms with Crippen molar-refractivity contribution in [3.05, 3.63) is 300 Å². The number of hydrogen-bond donors (Lipinski definition) is 0. The Morgan fingerprint density at radius 1 is 0.167 bits per heavy atom. The fourth-order valence-corrected chi connectivity index (χ4v) is 9.73. The van der Waals surface area contributed by atoms with Crippen molar-refractivity contribution in [3.63, 3.8) is 0 Å². The first kappa shape index (κ1) is 167. The summed E-state index contributed by atoms with van der Waals surface area (Å²) >= 11 is 0. The first-order chi connectivity index (χ1) is 63.1. The van der Waals surface area contributed by atoms with Crippen molar-refractivity contribution in [2.24, 2.45) is 39.9 Å². The van der Waals surface area contributed by atoms with Crippen molar-refractivity contribution in [2.75, 3.05) is 211 Å². The van der Waals surface area contributed by atoms with Crippen LogP contribution < -0.4 is 246 Å². The first-order valence-electron chi connectivity index (χ1n) is 41.8. The van der Waals surface area contributed by atoms with Crippen molar-refractivity contribution >= 4 is 49.7 Å². The molecule has 2 aromatic heterocycles. The second-order valence-corrected chi connectivity index (χ2v) is 26.0. The van der Waals surface area contributed by atoms with E-state index in [1.54, 1.807) is 220 Å². The predicted molar refractivity (Wildman–Crippen MR) is 491 cm³/mol. The van der Waals surface area contributed by atoms with Gasteiger partial charge in [-0.25, -0.2) is 0 Å². The van der Waals surface area contributed by atoms with E-state index >= 15 is 0 Å². The van der Waals surface area contributed by atoms with Crippen LogP contribution >= 0.6 is 0 Å². The summed E-state index contributed by atoms with van der Waals surface area (Å²) < 4.78 is 63.9. The second-order valence-electron chi connectivity index (χ2n) is 26.0. The molecule has 768 valence electrons. The molecule has 0 N–H and O–H groups in total. The monoisotopic (exact) mass is 2980 g/mol. The SMILES string of the molecule is C1COCCOCCOCCOCCOCCO1.C1COCCOCCOCCOCCOCCO1.[K+].[K+].[K+].[K+].[Np].[Np].[Np].[Np].[O-2].[O-2].[O-2].[O-2].[O-2].[O-2].[O-2].[O-2].[O-]c1ccccc1C=NCCN=Cc1ccccc1[O-].[O-]c1ccccc1C=NCCN=Cc1ccccc1[O-].[O-]c1ccccc1C=NCCN=Cc1ccccc1[O-].[O-]c1ccccc1C=NCCN=Cc1ccccc1[O-].c1ccncc1.c1ccncc1. The van der Waals surface area contributed by atoms with Gasteiger partial charge in [-0.05, 0) is 68.8 Å². The number of benzene rings is 8. The summed E-state index contributed by atoms with van der Waals surface area (Å²) in [5.74, 6) is -0.333. The van der Waals surface area contributed by atoms with E-state index < -0.39 is 0 Å². The van der Waals surface area contributed by atoms with Gasteiger partial charge in [-0.1, -0.05) is 206 Å². The fraction of sp³-hybridized carbons (Fsp3) is 0.327. The number of nitrogens with zero attached hydrogens (tertiary/aromatic N) is 10. The molecule has 0 spiro atoms. The van der Waals surface area contributed by atoms with Gasteiger partial charge >= 0.3 is 206 Å². The number of aliphatic imine (C=N–C) groups is 8. The number of hydrogen-bond acceptors (Lipinski definition) is 30. The average molecular weight is 2980 g/mol. The van der Waals surface area contributed by atoms with E-state index in [-0.39, 0.29) is 415 Å². The Morgan fingerprint density at radius 2 is 0.264 bits per heavy atom. The van der Waals surface area contributed by atoms with Gasteiger partial charge in [0.2, 0.25) is 0 Å². The molecule has 0 aliphatic carbocycles. The van der Waals surface area contributed by atoms with Gasteiger partial charge in [0.05, 0.1) is 211 Å². The van der Waals surface area contributed by atoms with Crippen molar-refractivity contribution in [1.29, 1.82) is 0 Å². The third kappa shape index (κ3) is 93.2. The van der Waals surface area contributed by atoms with Crippen molar-refractivity contribution < 1.29 is 467 Å². The molecule has 2 aliphatic rings.